The fraction of sp³-hybridized carbons (Fsp3) is 0.417. The molecule has 0 bridgehead atoms. The van der Waals surface area contributed by atoms with Crippen molar-refractivity contribution in [1.29, 1.82) is 0 Å². The van der Waals surface area contributed by atoms with E-state index in [4.69, 9.17) is 31.7 Å². The smallest absolute Gasteiger partial charge is 0.258 e. The Morgan fingerprint density at radius 2 is 1.89 bits per heavy atom. The second-order valence-corrected chi connectivity index (χ2v) is 4.49. The summed E-state index contributed by atoms with van der Waals surface area (Å²) in [5.74, 6) is -0.151. The Bertz CT molecular complexity index is 414. The van der Waals surface area contributed by atoms with Crippen molar-refractivity contribution >= 4 is 17.5 Å². The third-order valence-corrected chi connectivity index (χ3v) is 2.71. The highest BCUT2D eigenvalue weighted by Gasteiger charge is 2.29. The number of amides is 1. The van der Waals surface area contributed by atoms with Crippen molar-refractivity contribution in [2.45, 2.75) is 5.54 Å². The topological polar surface area (TPSA) is 99.0 Å². The zero-order valence-corrected chi connectivity index (χ0v) is 10.9. The second-order valence-electron chi connectivity index (χ2n) is 4.05. The van der Waals surface area contributed by atoms with Crippen LogP contribution in [0.5, 0.6) is 5.75 Å². The molecule has 6 nitrogen and oxygen atoms in total. The van der Waals surface area contributed by atoms with Gasteiger partial charge in [-0.05, 0) is 18.2 Å². The summed E-state index contributed by atoms with van der Waals surface area (Å²) < 4.78 is 5.19. The van der Waals surface area contributed by atoms with E-state index >= 15 is 0 Å². The molecule has 0 spiro atoms. The first-order valence-corrected chi connectivity index (χ1v) is 5.95. The third kappa shape index (κ3) is 4.68. The van der Waals surface area contributed by atoms with Gasteiger partial charge in [0, 0.05) is 5.02 Å². The Hall–Kier alpha value is -1.34. The molecule has 7 heteroatoms. The van der Waals surface area contributed by atoms with E-state index in [0.29, 0.717) is 10.8 Å². The number of ether oxygens (including phenoxy) is 1. The van der Waals surface area contributed by atoms with Gasteiger partial charge in [0.05, 0.1) is 19.8 Å². The summed E-state index contributed by atoms with van der Waals surface area (Å²) in [6.45, 7) is -2.06. The molecule has 0 atom stereocenters. The minimum Gasteiger partial charge on any atom is -0.484 e. The summed E-state index contributed by atoms with van der Waals surface area (Å²) in [7, 11) is 0. The SMILES string of the molecule is O=C(COc1cccc(Cl)c1)NC(CO)(CO)CO. The molecule has 19 heavy (non-hydrogen) atoms. The molecular formula is C12H16ClNO5. The minimum absolute atomic E-state index is 0.317. The molecule has 0 aliphatic heterocycles. The average molecular weight is 290 g/mol. The maximum absolute atomic E-state index is 11.6. The number of rotatable bonds is 7. The second kappa shape index (κ2) is 7.30. The molecule has 1 aromatic rings. The molecule has 0 heterocycles. The molecule has 1 rings (SSSR count). The van der Waals surface area contributed by atoms with Gasteiger partial charge < -0.3 is 25.4 Å². The van der Waals surface area contributed by atoms with E-state index in [1.54, 1.807) is 24.3 Å². The van der Waals surface area contributed by atoms with Gasteiger partial charge in [-0.3, -0.25) is 4.79 Å². The lowest BCUT2D eigenvalue weighted by Crippen LogP contribution is -2.58. The Morgan fingerprint density at radius 1 is 1.26 bits per heavy atom. The van der Waals surface area contributed by atoms with Crippen molar-refractivity contribution in [3.05, 3.63) is 29.3 Å². The molecule has 0 fully saturated rings. The maximum atomic E-state index is 11.6. The van der Waals surface area contributed by atoms with E-state index in [1.165, 1.54) is 0 Å². The molecule has 0 aromatic heterocycles. The van der Waals surface area contributed by atoms with Crippen molar-refractivity contribution < 1.29 is 24.9 Å². The standard InChI is InChI=1S/C12H16ClNO5/c13-9-2-1-3-10(4-9)19-5-11(18)14-12(6-15,7-16)8-17/h1-4,15-17H,5-8H2,(H,14,18). The van der Waals surface area contributed by atoms with Gasteiger partial charge in [0.1, 0.15) is 11.3 Å². The lowest BCUT2D eigenvalue weighted by atomic mass is 10.0. The van der Waals surface area contributed by atoms with E-state index in [2.05, 4.69) is 5.32 Å². The normalized spacial score (nSPS) is 11.2. The zero-order chi connectivity index (χ0) is 14.3. The molecular weight excluding hydrogens is 274 g/mol. The fourth-order valence-corrected chi connectivity index (χ4v) is 1.49. The summed E-state index contributed by atoms with van der Waals surface area (Å²) in [6.07, 6.45) is 0. The first kappa shape index (κ1) is 15.7. The average Bonchev–Trinajstić information content (AvgIpc) is 2.43. The van der Waals surface area contributed by atoms with Gasteiger partial charge in [-0.25, -0.2) is 0 Å². The Kier molecular flexibility index (Phi) is 6.04. The number of nitrogens with one attached hydrogen (secondary N) is 1. The lowest BCUT2D eigenvalue weighted by Gasteiger charge is -2.28. The van der Waals surface area contributed by atoms with Crippen LogP contribution in [0.15, 0.2) is 24.3 Å². The predicted molar refractivity (Wildman–Crippen MR) is 69.1 cm³/mol. The molecule has 106 valence electrons. The lowest BCUT2D eigenvalue weighted by molar-refractivity contribution is -0.127. The molecule has 0 aliphatic rings. The van der Waals surface area contributed by atoms with Crippen LogP contribution in [0.2, 0.25) is 5.02 Å². The highest BCUT2D eigenvalue weighted by Crippen LogP contribution is 2.16. The minimum atomic E-state index is -1.45. The summed E-state index contributed by atoms with van der Waals surface area (Å²) in [4.78, 5) is 11.6. The van der Waals surface area contributed by atoms with Gasteiger partial charge in [0.2, 0.25) is 0 Å². The maximum Gasteiger partial charge on any atom is 0.258 e. The molecule has 0 unspecified atom stereocenters. The number of carbonyl (C=O) groups is 1. The molecule has 0 saturated heterocycles. The van der Waals surface area contributed by atoms with E-state index in [1.807, 2.05) is 0 Å². The van der Waals surface area contributed by atoms with E-state index in [9.17, 15) is 4.79 Å². The van der Waals surface area contributed by atoms with Gasteiger partial charge >= 0.3 is 0 Å². The Labute approximate surface area is 115 Å². The monoisotopic (exact) mass is 289 g/mol. The van der Waals surface area contributed by atoms with Crippen LogP contribution in [0, 0.1) is 0 Å². The van der Waals surface area contributed by atoms with Crippen molar-refractivity contribution in [2.75, 3.05) is 26.4 Å². The first-order chi connectivity index (χ1) is 9.05. The van der Waals surface area contributed by atoms with Crippen LogP contribution in [0.3, 0.4) is 0 Å². The molecule has 1 aromatic carbocycles. The van der Waals surface area contributed by atoms with Crippen molar-refractivity contribution in [2.24, 2.45) is 0 Å². The van der Waals surface area contributed by atoms with Crippen LogP contribution in [-0.2, 0) is 4.79 Å². The zero-order valence-electron chi connectivity index (χ0n) is 10.2. The van der Waals surface area contributed by atoms with E-state index < -0.39 is 31.3 Å². The van der Waals surface area contributed by atoms with Crippen molar-refractivity contribution in [3.63, 3.8) is 0 Å². The summed E-state index contributed by atoms with van der Waals surface area (Å²) >= 11 is 5.75. The van der Waals surface area contributed by atoms with Crippen molar-refractivity contribution in [3.8, 4) is 5.75 Å². The summed E-state index contributed by atoms with van der Waals surface area (Å²) in [5, 5.41) is 30.0. The predicted octanol–water partition coefficient (Wildman–Crippen LogP) is -0.449. The first-order valence-electron chi connectivity index (χ1n) is 5.57. The van der Waals surface area contributed by atoms with Crippen molar-refractivity contribution in [1.82, 2.24) is 5.32 Å². The van der Waals surface area contributed by atoms with Gasteiger partial charge in [0.15, 0.2) is 6.61 Å². The summed E-state index contributed by atoms with van der Waals surface area (Å²) in [6, 6.07) is 6.53. The number of halogens is 1. The molecule has 0 radical (unpaired) electrons. The van der Waals surface area contributed by atoms with Crippen LogP contribution in [-0.4, -0.2) is 53.2 Å². The molecule has 0 saturated carbocycles. The largest absolute Gasteiger partial charge is 0.484 e. The van der Waals surface area contributed by atoms with E-state index in [0.717, 1.165) is 0 Å². The number of aliphatic hydroxyl groups excluding tert-OH is 3. The third-order valence-electron chi connectivity index (χ3n) is 2.48. The number of carbonyl (C=O) groups excluding carboxylic acids is 1. The van der Waals surface area contributed by atoms with Gasteiger partial charge in [-0.15, -0.1) is 0 Å². The number of aliphatic hydroxyl groups is 3. The molecule has 0 aliphatic carbocycles. The number of hydrogen-bond acceptors (Lipinski definition) is 5. The Balaban J connectivity index is 2.52. The highest BCUT2D eigenvalue weighted by atomic mass is 35.5. The number of hydrogen-bond donors (Lipinski definition) is 4. The molecule has 1 amide bonds. The van der Waals surface area contributed by atoms with Crippen LogP contribution in [0.25, 0.3) is 0 Å². The van der Waals surface area contributed by atoms with Crippen LogP contribution in [0.4, 0.5) is 0 Å². The quantitative estimate of drug-likeness (QED) is 0.545. The van der Waals surface area contributed by atoms with Crippen LogP contribution in [0.1, 0.15) is 0 Å². The molecule has 4 N–H and O–H groups in total. The Morgan fingerprint density at radius 3 is 2.42 bits per heavy atom. The number of benzene rings is 1. The van der Waals surface area contributed by atoms with Crippen LogP contribution >= 0.6 is 11.6 Å². The van der Waals surface area contributed by atoms with Gasteiger partial charge in [-0.1, -0.05) is 17.7 Å². The van der Waals surface area contributed by atoms with Crippen LogP contribution < -0.4 is 10.1 Å². The van der Waals surface area contributed by atoms with Gasteiger partial charge in [-0.2, -0.15) is 0 Å². The fourth-order valence-electron chi connectivity index (χ4n) is 1.31. The van der Waals surface area contributed by atoms with Gasteiger partial charge in [0.25, 0.3) is 5.91 Å². The highest BCUT2D eigenvalue weighted by molar-refractivity contribution is 6.30. The summed E-state index contributed by atoms with van der Waals surface area (Å²) in [5.41, 5.74) is -1.45. The van der Waals surface area contributed by atoms with E-state index in [-0.39, 0.29) is 6.61 Å².